The second kappa shape index (κ2) is 5.41. The van der Waals surface area contributed by atoms with E-state index >= 15 is 0 Å². The number of hydrogen-bond donors (Lipinski definition) is 2. The molecule has 0 unspecified atom stereocenters. The lowest BCUT2D eigenvalue weighted by atomic mass is 9.84. The lowest BCUT2D eigenvalue weighted by Gasteiger charge is -2.29. The average molecular weight is 312 g/mol. The molecule has 4 heteroatoms. The minimum Gasteiger partial charge on any atom is -0.384 e. The van der Waals surface area contributed by atoms with E-state index in [4.69, 9.17) is 0 Å². The van der Waals surface area contributed by atoms with Crippen molar-refractivity contribution in [1.82, 2.24) is 5.32 Å². The third-order valence-corrected chi connectivity index (χ3v) is 4.23. The van der Waals surface area contributed by atoms with E-state index in [1.165, 1.54) is 0 Å². The maximum Gasteiger partial charge on any atom is 0.223 e. The highest BCUT2D eigenvalue weighted by Crippen LogP contribution is 2.29. The van der Waals surface area contributed by atoms with Crippen LogP contribution < -0.4 is 5.32 Å². The first-order valence-electron chi connectivity index (χ1n) is 6.26. The first kappa shape index (κ1) is 13.6. The molecule has 1 fully saturated rings. The number of rotatable bonds is 4. The topological polar surface area (TPSA) is 49.3 Å². The van der Waals surface area contributed by atoms with Crippen LogP contribution in [0.5, 0.6) is 0 Å². The van der Waals surface area contributed by atoms with E-state index in [1.54, 1.807) is 6.92 Å². The second-order valence-electron chi connectivity index (χ2n) is 5.10. The molecule has 0 bridgehead atoms. The van der Waals surface area contributed by atoms with E-state index in [1.807, 2.05) is 24.3 Å². The van der Waals surface area contributed by atoms with Gasteiger partial charge in [-0.15, -0.1) is 0 Å². The Labute approximate surface area is 116 Å². The van der Waals surface area contributed by atoms with E-state index in [2.05, 4.69) is 21.2 Å². The summed E-state index contributed by atoms with van der Waals surface area (Å²) in [6, 6.07) is 7.52. The fraction of sp³-hybridized carbons (Fsp3) is 0.500. The first-order valence-corrected chi connectivity index (χ1v) is 7.05. The number of aliphatic hydroxyl groups is 1. The highest BCUT2D eigenvalue weighted by atomic mass is 79.9. The van der Waals surface area contributed by atoms with Gasteiger partial charge in [0.1, 0.15) is 5.60 Å². The summed E-state index contributed by atoms with van der Waals surface area (Å²) >= 11 is 3.42. The molecule has 0 aliphatic heterocycles. The summed E-state index contributed by atoms with van der Waals surface area (Å²) in [5.41, 5.74) is -0.265. The molecule has 0 saturated heterocycles. The molecule has 0 heterocycles. The fourth-order valence-electron chi connectivity index (χ4n) is 2.07. The van der Waals surface area contributed by atoms with Crippen LogP contribution in [0.25, 0.3) is 0 Å². The second-order valence-corrected chi connectivity index (χ2v) is 5.95. The van der Waals surface area contributed by atoms with Crippen molar-refractivity contribution in [2.24, 2.45) is 5.92 Å². The summed E-state index contributed by atoms with van der Waals surface area (Å²) in [4.78, 5) is 11.8. The van der Waals surface area contributed by atoms with Gasteiger partial charge in [0.15, 0.2) is 0 Å². The van der Waals surface area contributed by atoms with Crippen LogP contribution in [-0.4, -0.2) is 17.6 Å². The number of nitrogens with one attached hydrogen (secondary N) is 1. The predicted molar refractivity (Wildman–Crippen MR) is 74.1 cm³/mol. The van der Waals surface area contributed by atoms with Crippen molar-refractivity contribution < 1.29 is 9.90 Å². The normalized spacial score (nSPS) is 18.8. The number of halogens is 1. The highest BCUT2D eigenvalue weighted by Gasteiger charge is 2.29. The van der Waals surface area contributed by atoms with Gasteiger partial charge in [-0.3, -0.25) is 4.79 Å². The van der Waals surface area contributed by atoms with Crippen LogP contribution >= 0.6 is 15.9 Å². The zero-order valence-corrected chi connectivity index (χ0v) is 12.0. The Bertz CT molecular complexity index is 441. The molecule has 1 aliphatic carbocycles. The number of carbonyl (C=O) groups is 1. The summed E-state index contributed by atoms with van der Waals surface area (Å²) in [5.74, 6) is 0.216. The van der Waals surface area contributed by atoms with E-state index in [-0.39, 0.29) is 18.4 Å². The molecule has 1 atom stereocenters. The molecule has 2 rings (SSSR count). The molecule has 0 spiro atoms. The Kier molecular flexibility index (Phi) is 4.07. The van der Waals surface area contributed by atoms with Gasteiger partial charge in [-0.1, -0.05) is 40.5 Å². The molecular formula is C14H18BrNO2. The van der Waals surface area contributed by atoms with Crippen LogP contribution in [0.2, 0.25) is 0 Å². The van der Waals surface area contributed by atoms with Crippen molar-refractivity contribution in [3.63, 3.8) is 0 Å². The van der Waals surface area contributed by atoms with Crippen molar-refractivity contribution in [2.45, 2.75) is 31.8 Å². The Morgan fingerprint density at radius 1 is 1.50 bits per heavy atom. The number of carbonyl (C=O) groups excluding carboxylic acids is 1. The Hall–Kier alpha value is -0.870. The van der Waals surface area contributed by atoms with E-state index in [0.29, 0.717) is 0 Å². The molecule has 0 aromatic heterocycles. The average Bonchev–Trinajstić information content (AvgIpc) is 2.24. The van der Waals surface area contributed by atoms with Gasteiger partial charge < -0.3 is 10.4 Å². The zero-order chi connectivity index (χ0) is 13.2. The van der Waals surface area contributed by atoms with Crippen molar-refractivity contribution in [3.05, 3.63) is 34.3 Å². The summed E-state index contributed by atoms with van der Waals surface area (Å²) in [6.07, 6.45) is 3.09. The van der Waals surface area contributed by atoms with Crippen molar-refractivity contribution >= 4 is 21.8 Å². The maximum atomic E-state index is 11.8. The van der Waals surface area contributed by atoms with E-state index < -0.39 is 5.60 Å². The number of hydrogen-bond acceptors (Lipinski definition) is 2. The standard InChI is InChI=1S/C14H18BrNO2/c1-14(18,11-7-2-3-8-12(11)15)9-16-13(17)10-5-4-6-10/h2-3,7-8,10,18H,4-6,9H2,1H3,(H,16,17)/t14-/m0/s1. The molecule has 98 valence electrons. The molecule has 1 aromatic rings. The summed E-state index contributed by atoms with van der Waals surface area (Å²) < 4.78 is 0.855. The van der Waals surface area contributed by atoms with Crippen LogP contribution in [0, 0.1) is 5.92 Å². The monoisotopic (exact) mass is 311 g/mol. The Balaban J connectivity index is 1.98. The van der Waals surface area contributed by atoms with Crippen LogP contribution in [0.4, 0.5) is 0 Å². The van der Waals surface area contributed by atoms with Gasteiger partial charge in [0.05, 0.1) is 6.54 Å². The van der Waals surface area contributed by atoms with Crippen molar-refractivity contribution in [3.8, 4) is 0 Å². The minimum absolute atomic E-state index is 0.0635. The molecule has 0 radical (unpaired) electrons. The predicted octanol–water partition coefficient (Wildman–Crippen LogP) is 2.57. The molecular weight excluding hydrogens is 294 g/mol. The van der Waals surface area contributed by atoms with Gasteiger partial charge >= 0.3 is 0 Å². The van der Waals surface area contributed by atoms with Gasteiger partial charge in [-0.25, -0.2) is 0 Å². The van der Waals surface area contributed by atoms with Gasteiger partial charge in [0.2, 0.25) is 5.91 Å². The van der Waals surface area contributed by atoms with Gasteiger partial charge in [-0.2, -0.15) is 0 Å². The molecule has 1 amide bonds. The SMILES string of the molecule is C[C@](O)(CNC(=O)C1CCC1)c1ccccc1Br. The molecule has 1 aromatic carbocycles. The van der Waals surface area contributed by atoms with Crippen molar-refractivity contribution in [2.75, 3.05) is 6.54 Å². The smallest absolute Gasteiger partial charge is 0.223 e. The van der Waals surface area contributed by atoms with E-state index in [9.17, 15) is 9.90 Å². The minimum atomic E-state index is -1.06. The van der Waals surface area contributed by atoms with Gasteiger partial charge in [0, 0.05) is 10.4 Å². The number of amides is 1. The third-order valence-electron chi connectivity index (χ3n) is 3.54. The third kappa shape index (κ3) is 2.93. The highest BCUT2D eigenvalue weighted by molar-refractivity contribution is 9.10. The molecule has 1 aliphatic rings. The lowest BCUT2D eigenvalue weighted by molar-refractivity contribution is -0.128. The van der Waals surface area contributed by atoms with Crippen molar-refractivity contribution in [1.29, 1.82) is 0 Å². The molecule has 18 heavy (non-hydrogen) atoms. The van der Waals surface area contributed by atoms with Crippen LogP contribution in [0.3, 0.4) is 0 Å². The zero-order valence-electron chi connectivity index (χ0n) is 10.4. The molecule has 1 saturated carbocycles. The Morgan fingerprint density at radius 2 is 2.17 bits per heavy atom. The first-order chi connectivity index (χ1) is 8.50. The molecule has 2 N–H and O–H groups in total. The van der Waals surface area contributed by atoms with Gasteiger partial charge in [-0.05, 0) is 31.4 Å². The summed E-state index contributed by atoms with van der Waals surface area (Å²) in [5, 5.41) is 13.3. The number of benzene rings is 1. The van der Waals surface area contributed by atoms with E-state index in [0.717, 1.165) is 29.3 Å². The molecule has 3 nitrogen and oxygen atoms in total. The Morgan fingerprint density at radius 3 is 2.72 bits per heavy atom. The largest absolute Gasteiger partial charge is 0.384 e. The van der Waals surface area contributed by atoms with Crippen LogP contribution in [-0.2, 0) is 10.4 Å². The summed E-state index contributed by atoms with van der Waals surface area (Å²) in [6.45, 7) is 1.96. The maximum absolute atomic E-state index is 11.8. The summed E-state index contributed by atoms with van der Waals surface area (Å²) in [7, 11) is 0. The van der Waals surface area contributed by atoms with Crippen LogP contribution in [0.1, 0.15) is 31.7 Å². The quantitative estimate of drug-likeness (QED) is 0.898. The van der Waals surface area contributed by atoms with Gasteiger partial charge in [0.25, 0.3) is 0 Å². The van der Waals surface area contributed by atoms with Crippen LogP contribution in [0.15, 0.2) is 28.7 Å². The lowest BCUT2D eigenvalue weighted by Crippen LogP contribution is -2.42. The fourth-order valence-corrected chi connectivity index (χ4v) is 2.78.